The van der Waals surface area contributed by atoms with E-state index in [2.05, 4.69) is 58.4 Å². The minimum absolute atomic E-state index is 0.526. The van der Waals surface area contributed by atoms with Crippen LogP contribution in [0.3, 0.4) is 0 Å². The first-order valence-electron chi connectivity index (χ1n) is 12.2. The summed E-state index contributed by atoms with van der Waals surface area (Å²) in [7, 11) is 0. The summed E-state index contributed by atoms with van der Waals surface area (Å²) in [6, 6.07) is 23.2. The Morgan fingerprint density at radius 3 is 2.42 bits per heavy atom. The molecule has 6 rings (SSSR count). The molecular weight excluding hydrogens is 408 g/mol. The zero-order chi connectivity index (χ0) is 22.0. The molecular formula is C29H30N2O2. The highest BCUT2D eigenvalue weighted by Crippen LogP contribution is 2.39. The first-order chi connectivity index (χ1) is 16.4. The molecule has 0 radical (unpaired) electrons. The molecule has 0 unspecified atom stereocenters. The van der Waals surface area contributed by atoms with Gasteiger partial charge in [0.15, 0.2) is 0 Å². The molecule has 4 heteroatoms. The van der Waals surface area contributed by atoms with Crippen molar-refractivity contribution in [2.45, 2.75) is 32.2 Å². The fourth-order valence-electron chi connectivity index (χ4n) is 5.44. The van der Waals surface area contributed by atoms with Crippen LogP contribution in [0.5, 0.6) is 11.5 Å². The van der Waals surface area contributed by atoms with E-state index in [4.69, 9.17) is 9.47 Å². The Morgan fingerprint density at radius 1 is 0.758 bits per heavy atom. The number of nitrogens with one attached hydrogen (secondary N) is 1. The van der Waals surface area contributed by atoms with Crippen LogP contribution in [0.2, 0.25) is 0 Å². The molecule has 3 heterocycles. The second kappa shape index (κ2) is 8.95. The minimum atomic E-state index is 0.526. The lowest BCUT2D eigenvalue weighted by Crippen LogP contribution is -2.18. The Kier molecular flexibility index (Phi) is 5.53. The fraction of sp³-hybridized carbons (Fsp3) is 0.310. The number of fused-ring (bicyclic) bond motifs is 3. The third-order valence-corrected chi connectivity index (χ3v) is 6.96. The largest absolute Gasteiger partial charge is 0.490 e. The topological polar surface area (TPSA) is 35.4 Å². The molecule has 0 saturated carbocycles. The van der Waals surface area contributed by atoms with Crippen molar-refractivity contribution in [3.63, 3.8) is 0 Å². The van der Waals surface area contributed by atoms with E-state index in [9.17, 15) is 0 Å². The summed E-state index contributed by atoms with van der Waals surface area (Å²) in [6.07, 6.45) is 4.57. The van der Waals surface area contributed by atoms with Gasteiger partial charge in [0.1, 0.15) is 24.7 Å². The van der Waals surface area contributed by atoms with E-state index in [1.165, 1.54) is 51.7 Å². The quantitative estimate of drug-likeness (QED) is 0.410. The highest BCUT2D eigenvalue weighted by atomic mass is 16.5. The van der Waals surface area contributed by atoms with E-state index in [1.54, 1.807) is 0 Å². The maximum absolute atomic E-state index is 6.32. The molecule has 4 nitrogen and oxygen atoms in total. The van der Waals surface area contributed by atoms with Gasteiger partial charge in [-0.2, -0.15) is 0 Å². The summed E-state index contributed by atoms with van der Waals surface area (Å²) < 4.78 is 14.9. The number of rotatable bonds is 6. The second-order valence-corrected chi connectivity index (χ2v) is 8.96. The smallest absolute Gasteiger partial charge is 0.129 e. The third kappa shape index (κ3) is 3.89. The van der Waals surface area contributed by atoms with E-state index >= 15 is 0 Å². The average Bonchev–Trinajstić information content (AvgIpc) is 3.02. The van der Waals surface area contributed by atoms with E-state index in [1.807, 2.05) is 18.2 Å². The summed E-state index contributed by atoms with van der Waals surface area (Å²) >= 11 is 0. The average molecular weight is 439 g/mol. The molecule has 2 aliphatic rings. The van der Waals surface area contributed by atoms with Crippen molar-refractivity contribution in [3.05, 3.63) is 83.6 Å². The Labute approximate surface area is 195 Å². The van der Waals surface area contributed by atoms with Gasteiger partial charge in [0.25, 0.3) is 0 Å². The molecule has 0 spiro atoms. The monoisotopic (exact) mass is 438 g/mol. The van der Waals surface area contributed by atoms with Gasteiger partial charge in [0.2, 0.25) is 0 Å². The van der Waals surface area contributed by atoms with E-state index in [-0.39, 0.29) is 0 Å². The van der Waals surface area contributed by atoms with Crippen molar-refractivity contribution in [1.82, 2.24) is 9.88 Å². The lowest BCUT2D eigenvalue weighted by atomic mass is 10.0. The van der Waals surface area contributed by atoms with Crippen LogP contribution >= 0.6 is 0 Å². The molecule has 0 bridgehead atoms. The van der Waals surface area contributed by atoms with Crippen LogP contribution in [0.15, 0.2) is 66.7 Å². The van der Waals surface area contributed by atoms with Gasteiger partial charge in [0, 0.05) is 30.6 Å². The molecule has 0 fully saturated rings. The van der Waals surface area contributed by atoms with Crippen molar-refractivity contribution in [1.29, 1.82) is 0 Å². The Bertz CT molecular complexity index is 1260. The maximum atomic E-state index is 6.32. The lowest BCUT2D eigenvalue weighted by Gasteiger charge is -2.19. The van der Waals surface area contributed by atoms with Crippen molar-refractivity contribution >= 4 is 10.9 Å². The van der Waals surface area contributed by atoms with Crippen LogP contribution in [0.1, 0.15) is 23.2 Å². The molecule has 3 aromatic carbocycles. The van der Waals surface area contributed by atoms with Crippen LogP contribution in [0.4, 0.5) is 0 Å². The summed E-state index contributed by atoms with van der Waals surface area (Å²) in [5.41, 5.74) is 8.31. The van der Waals surface area contributed by atoms with Gasteiger partial charge in [-0.3, -0.25) is 0 Å². The molecule has 2 aliphatic heterocycles. The first-order valence-corrected chi connectivity index (χ1v) is 12.2. The van der Waals surface area contributed by atoms with Crippen LogP contribution in [-0.4, -0.2) is 30.9 Å². The number of aryl methyl sites for hydroxylation is 2. The van der Waals surface area contributed by atoms with Gasteiger partial charge in [-0.1, -0.05) is 48.5 Å². The van der Waals surface area contributed by atoms with Gasteiger partial charge < -0.3 is 19.4 Å². The second-order valence-electron chi connectivity index (χ2n) is 8.96. The number of hydrogen-bond donors (Lipinski definition) is 1. The molecule has 0 atom stereocenters. The van der Waals surface area contributed by atoms with E-state index in [0.717, 1.165) is 44.0 Å². The Hall–Kier alpha value is -3.24. The summed E-state index contributed by atoms with van der Waals surface area (Å²) in [6.45, 7) is 4.29. The maximum Gasteiger partial charge on any atom is 0.129 e. The van der Waals surface area contributed by atoms with Crippen LogP contribution < -0.4 is 14.8 Å². The highest BCUT2D eigenvalue weighted by Gasteiger charge is 2.25. The van der Waals surface area contributed by atoms with Gasteiger partial charge in [-0.25, -0.2) is 0 Å². The van der Waals surface area contributed by atoms with Gasteiger partial charge in [0.05, 0.1) is 5.52 Å². The molecule has 4 aromatic rings. The Balaban J connectivity index is 1.17. The first kappa shape index (κ1) is 20.4. The van der Waals surface area contributed by atoms with Gasteiger partial charge >= 0.3 is 0 Å². The molecule has 0 aliphatic carbocycles. The standard InChI is InChI=1S/C29H30N2O2/c1-2-5-21(6-3-1)22-8-11-24(12-9-22)32-19-20-33-27-13-10-23-7-4-18-31-26-15-17-30-16-14-25(26)28(27)29(23)31/h1-3,5-6,8-13,30H,4,7,14-20H2. The van der Waals surface area contributed by atoms with Crippen LogP contribution in [0, 0.1) is 0 Å². The number of hydrogen-bond acceptors (Lipinski definition) is 3. The van der Waals surface area contributed by atoms with Crippen molar-refractivity contribution in [2.24, 2.45) is 0 Å². The van der Waals surface area contributed by atoms with Crippen molar-refractivity contribution < 1.29 is 9.47 Å². The molecule has 33 heavy (non-hydrogen) atoms. The fourth-order valence-corrected chi connectivity index (χ4v) is 5.44. The molecule has 0 saturated heterocycles. The van der Waals surface area contributed by atoms with Gasteiger partial charge in [-0.15, -0.1) is 0 Å². The summed E-state index contributed by atoms with van der Waals surface area (Å²) in [5, 5.41) is 4.90. The summed E-state index contributed by atoms with van der Waals surface area (Å²) in [4.78, 5) is 0. The lowest BCUT2D eigenvalue weighted by molar-refractivity contribution is 0.218. The zero-order valence-corrected chi connectivity index (χ0v) is 19.0. The number of nitrogens with zero attached hydrogens (tertiary/aromatic N) is 1. The number of aromatic nitrogens is 1. The van der Waals surface area contributed by atoms with Gasteiger partial charge in [-0.05, 0) is 66.3 Å². The number of benzene rings is 3. The highest BCUT2D eigenvalue weighted by molar-refractivity contribution is 5.94. The van der Waals surface area contributed by atoms with Crippen LogP contribution in [-0.2, 0) is 25.8 Å². The van der Waals surface area contributed by atoms with Crippen LogP contribution in [0.25, 0.3) is 22.0 Å². The molecule has 168 valence electrons. The third-order valence-electron chi connectivity index (χ3n) is 6.96. The van der Waals surface area contributed by atoms with Crippen molar-refractivity contribution in [2.75, 3.05) is 26.3 Å². The molecule has 1 N–H and O–H groups in total. The molecule has 0 amide bonds. The molecule has 1 aromatic heterocycles. The van der Waals surface area contributed by atoms with Crippen molar-refractivity contribution in [3.8, 4) is 22.6 Å². The Morgan fingerprint density at radius 2 is 1.55 bits per heavy atom. The minimum Gasteiger partial charge on any atom is -0.490 e. The number of ether oxygens (including phenoxy) is 2. The van der Waals surface area contributed by atoms with E-state index < -0.39 is 0 Å². The zero-order valence-electron chi connectivity index (χ0n) is 19.0. The summed E-state index contributed by atoms with van der Waals surface area (Å²) in [5.74, 6) is 1.88. The van der Waals surface area contributed by atoms with E-state index in [0.29, 0.717) is 13.2 Å². The SMILES string of the molecule is c1ccc(-c2ccc(OCCOc3ccc4c5c3c3c(n5CCC4)CCNCC3)cc2)cc1. The predicted molar refractivity (Wildman–Crippen MR) is 133 cm³/mol. The predicted octanol–water partition coefficient (Wildman–Crippen LogP) is 5.40. The normalized spacial score (nSPS) is 15.2.